The monoisotopic (exact) mass is 596 g/mol. The van der Waals surface area contributed by atoms with Gasteiger partial charge in [-0.1, -0.05) is 35.3 Å². The lowest BCUT2D eigenvalue weighted by atomic mass is 9.97. The van der Waals surface area contributed by atoms with Crippen LogP contribution in [0.2, 0.25) is 10.0 Å². The van der Waals surface area contributed by atoms with E-state index in [1.165, 1.54) is 17.9 Å². The third-order valence-corrected chi connectivity index (χ3v) is 8.45. The Kier molecular flexibility index (Phi) is 9.07. The fraction of sp³-hybridized carbons (Fsp3) is 0.385. The van der Waals surface area contributed by atoms with Gasteiger partial charge in [-0.15, -0.1) is 0 Å². The lowest BCUT2D eigenvalue weighted by molar-refractivity contribution is 0.172. The first kappa shape index (κ1) is 29.2. The van der Waals surface area contributed by atoms with Gasteiger partial charge in [0.2, 0.25) is 10.0 Å². The summed E-state index contributed by atoms with van der Waals surface area (Å²) in [6, 6.07) is 8.06. The summed E-state index contributed by atoms with van der Waals surface area (Å²) in [7, 11) is -0.464. The van der Waals surface area contributed by atoms with Crippen LogP contribution >= 0.6 is 23.2 Å². The summed E-state index contributed by atoms with van der Waals surface area (Å²) in [6.07, 6.45) is -0.514. The lowest BCUT2D eigenvalue weighted by Crippen LogP contribution is -2.43. The number of hydrogen-bond acceptors (Lipinski definition) is 8. The number of fused-ring (bicyclic) bond motifs is 1. The summed E-state index contributed by atoms with van der Waals surface area (Å²) >= 11 is 13.1. The summed E-state index contributed by atoms with van der Waals surface area (Å²) < 4.78 is 37.8. The summed E-state index contributed by atoms with van der Waals surface area (Å²) in [6.45, 7) is 5.16. The molecule has 39 heavy (non-hydrogen) atoms. The predicted molar refractivity (Wildman–Crippen MR) is 153 cm³/mol. The van der Waals surface area contributed by atoms with Gasteiger partial charge in [-0.05, 0) is 30.2 Å². The molecule has 2 aromatic carbocycles. The second-order valence-electron chi connectivity index (χ2n) is 9.37. The molecule has 10 nitrogen and oxygen atoms in total. The van der Waals surface area contributed by atoms with E-state index in [-0.39, 0.29) is 39.2 Å². The molecule has 1 saturated heterocycles. The molecule has 3 aromatic rings. The van der Waals surface area contributed by atoms with Crippen LogP contribution in [0.15, 0.2) is 39.5 Å². The fourth-order valence-electron chi connectivity index (χ4n) is 4.24. The van der Waals surface area contributed by atoms with E-state index >= 15 is 0 Å². The third-order valence-electron chi connectivity index (χ3n) is 6.42. The van der Waals surface area contributed by atoms with Gasteiger partial charge in [-0.3, -0.25) is 9.62 Å². The molecule has 13 heteroatoms. The Morgan fingerprint density at radius 1 is 1.18 bits per heavy atom. The Hall–Kier alpha value is -2.83. The quantitative estimate of drug-likeness (QED) is 0.375. The average molecular weight is 598 g/mol. The molecule has 0 radical (unpaired) electrons. The summed E-state index contributed by atoms with van der Waals surface area (Å²) in [5.41, 5.74) is 1.55. The van der Waals surface area contributed by atoms with Crippen LogP contribution in [0.4, 0.5) is 10.5 Å². The maximum Gasteiger partial charge on any atom is 0.414 e. The zero-order valence-electron chi connectivity index (χ0n) is 21.8. The fourth-order valence-corrected chi connectivity index (χ4v) is 5.39. The first-order valence-corrected chi connectivity index (χ1v) is 14.8. The molecule has 0 bridgehead atoms. The molecular weight excluding hydrogens is 567 g/mol. The predicted octanol–water partition coefficient (Wildman–Crippen LogP) is 3.92. The molecule has 1 amide bonds. The molecule has 0 spiro atoms. The van der Waals surface area contributed by atoms with Gasteiger partial charge < -0.3 is 19.4 Å². The van der Waals surface area contributed by atoms with Gasteiger partial charge in [-0.25, -0.2) is 18.0 Å². The van der Waals surface area contributed by atoms with Crippen molar-refractivity contribution in [2.75, 3.05) is 50.7 Å². The van der Waals surface area contributed by atoms with Gasteiger partial charge in [0.1, 0.15) is 5.58 Å². The van der Waals surface area contributed by atoms with Crippen molar-refractivity contribution in [3.8, 4) is 5.75 Å². The summed E-state index contributed by atoms with van der Waals surface area (Å²) in [5, 5.41) is 4.31. The van der Waals surface area contributed by atoms with Crippen molar-refractivity contribution in [3.05, 3.63) is 67.5 Å². The zero-order valence-corrected chi connectivity index (χ0v) is 24.2. The van der Waals surface area contributed by atoms with Crippen LogP contribution in [0.5, 0.6) is 5.75 Å². The lowest BCUT2D eigenvalue weighted by Gasteiger charge is -2.28. The van der Waals surface area contributed by atoms with Gasteiger partial charge >= 0.3 is 11.7 Å². The van der Waals surface area contributed by atoms with Crippen molar-refractivity contribution in [2.24, 2.45) is 0 Å². The van der Waals surface area contributed by atoms with E-state index in [1.807, 2.05) is 0 Å². The maximum atomic E-state index is 13.4. The highest BCUT2D eigenvalue weighted by atomic mass is 35.5. The Morgan fingerprint density at radius 3 is 2.56 bits per heavy atom. The van der Waals surface area contributed by atoms with E-state index in [1.54, 1.807) is 38.4 Å². The SMILES string of the molecule is CCS(=O)(=O)Nc1cccc(Cc2c(CN3CCNCC3)c3cc(Cl)c(OC(=O)N(C)C)cc3oc2=O)c1Cl. The second-order valence-corrected chi connectivity index (χ2v) is 12.2. The van der Waals surface area contributed by atoms with E-state index in [0.29, 0.717) is 28.6 Å². The number of anilines is 1. The molecule has 0 atom stereocenters. The highest BCUT2D eigenvalue weighted by Gasteiger charge is 2.23. The minimum absolute atomic E-state index is 0.0749. The van der Waals surface area contributed by atoms with E-state index in [0.717, 1.165) is 26.2 Å². The topological polar surface area (TPSA) is 121 Å². The molecule has 2 N–H and O–H groups in total. The van der Waals surface area contributed by atoms with Crippen molar-refractivity contribution < 1.29 is 22.4 Å². The number of sulfonamides is 1. The normalized spacial score (nSPS) is 14.4. The van der Waals surface area contributed by atoms with Crippen LogP contribution in [-0.2, 0) is 23.0 Å². The van der Waals surface area contributed by atoms with Crippen LogP contribution in [0.25, 0.3) is 11.0 Å². The second kappa shape index (κ2) is 12.1. The molecule has 1 aromatic heterocycles. The molecular formula is C26H30Cl2N4O6S. The van der Waals surface area contributed by atoms with E-state index in [9.17, 15) is 18.0 Å². The standard InChI is InChI=1S/C26H30Cl2N4O6S/c1-4-39(35,36)30-21-7-5-6-16(24(21)28)12-18-19(15-32-10-8-29-9-11-32)17-13-20(27)23(38-26(34)31(2)3)14-22(17)37-25(18)33/h5-7,13-14,29-30H,4,8-12,15H2,1-3H3. The van der Waals surface area contributed by atoms with Crippen LogP contribution in [-0.4, -0.2) is 70.3 Å². The Bertz CT molecular complexity index is 1550. The largest absolute Gasteiger partial charge is 0.422 e. The first-order chi connectivity index (χ1) is 18.5. The van der Waals surface area contributed by atoms with Crippen molar-refractivity contribution >= 4 is 56.0 Å². The minimum Gasteiger partial charge on any atom is -0.422 e. The van der Waals surface area contributed by atoms with Crippen LogP contribution in [0.1, 0.15) is 23.6 Å². The van der Waals surface area contributed by atoms with Gasteiger partial charge in [0.05, 0.1) is 21.5 Å². The molecule has 1 aliphatic rings. The number of nitrogens with one attached hydrogen (secondary N) is 2. The number of nitrogens with zero attached hydrogens (tertiary/aromatic N) is 2. The van der Waals surface area contributed by atoms with Crippen LogP contribution < -0.4 is 20.4 Å². The number of halogens is 2. The van der Waals surface area contributed by atoms with Crippen molar-refractivity contribution in [1.82, 2.24) is 15.1 Å². The maximum absolute atomic E-state index is 13.4. The zero-order chi connectivity index (χ0) is 28.3. The van der Waals surface area contributed by atoms with Crippen LogP contribution in [0, 0.1) is 0 Å². The summed E-state index contributed by atoms with van der Waals surface area (Å²) in [5.74, 6) is -0.0330. The van der Waals surface area contributed by atoms with E-state index < -0.39 is 21.7 Å². The summed E-state index contributed by atoms with van der Waals surface area (Å²) in [4.78, 5) is 29.0. The highest BCUT2D eigenvalue weighted by Crippen LogP contribution is 2.35. The number of carbonyl (C=O) groups is 1. The van der Waals surface area contributed by atoms with Crippen molar-refractivity contribution in [3.63, 3.8) is 0 Å². The van der Waals surface area contributed by atoms with Gasteiger partial charge in [0.15, 0.2) is 5.75 Å². The molecule has 1 fully saturated rings. The molecule has 0 saturated carbocycles. The smallest absolute Gasteiger partial charge is 0.414 e. The third kappa shape index (κ3) is 6.85. The number of rotatable bonds is 8. The first-order valence-electron chi connectivity index (χ1n) is 12.4. The van der Waals surface area contributed by atoms with Crippen LogP contribution in [0.3, 0.4) is 0 Å². The number of amides is 1. The molecule has 0 aliphatic carbocycles. The molecule has 1 aliphatic heterocycles. The highest BCUT2D eigenvalue weighted by molar-refractivity contribution is 7.92. The number of ether oxygens (including phenoxy) is 1. The van der Waals surface area contributed by atoms with Gasteiger partial charge in [-0.2, -0.15) is 0 Å². The van der Waals surface area contributed by atoms with E-state index in [2.05, 4.69) is 14.9 Å². The van der Waals surface area contributed by atoms with Crippen molar-refractivity contribution in [2.45, 2.75) is 19.9 Å². The van der Waals surface area contributed by atoms with E-state index in [4.69, 9.17) is 32.4 Å². The van der Waals surface area contributed by atoms with Crippen molar-refractivity contribution in [1.29, 1.82) is 0 Å². The Morgan fingerprint density at radius 2 is 1.90 bits per heavy atom. The molecule has 4 rings (SSSR count). The number of piperazine rings is 1. The number of hydrogen-bond donors (Lipinski definition) is 2. The average Bonchev–Trinajstić information content (AvgIpc) is 2.89. The Labute approximate surface area is 236 Å². The molecule has 2 heterocycles. The minimum atomic E-state index is -3.55. The Balaban J connectivity index is 1.82. The van der Waals surface area contributed by atoms with Gasteiger partial charge in [0, 0.05) is 70.3 Å². The van der Waals surface area contributed by atoms with Gasteiger partial charge in [0.25, 0.3) is 0 Å². The molecule has 0 unspecified atom stereocenters. The number of carbonyl (C=O) groups excluding carboxylic acids is 1. The molecule has 210 valence electrons. The number of benzene rings is 2.